The Morgan fingerprint density at radius 3 is 2.45 bits per heavy atom. The number of morpholine rings is 1. The Labute approximate surface area is 239 Å². The molecular weight excluding hydrogens is 526 g/mol. The van der Waals surface area contributed by atoms with E-state index in [0.29, 0.717) is 26.2 Å². The maximum Gasteiger partial charge on any atom is 0.305 e. The average Bonchev–Trinajstić information content (AvgIpc) is 3.38. The van der Waals surface area contributed by atoms with Crippen LogP contribution in [0.3, 0.4) is 0 Å². The third kappa shape index (κ3) is 7.47. The number of benzene rings is 1. The van der Waals surface area contributed by atoms with Crippen molar-refractivity contribution in [1.82, 2.24) is 14.8 Å². The maximum atomic E-state index is 13.8. The molecule has 0 radical (unpaired) electrons. The van der Waals surface area contributed by atoms with Gasteiger partial charge in [-0.3, -0.25) is 19.3 Å². The van der Waals surface area contributed by atoms with Gasteiger partial charge in [-0.1, -0.05) is 38.1 Å². The van der Waals surface area contributed by atoms with Gasteiger partial charge < -0.3 is 19.7 Å². The minimum absolute atomic E-state index is 0.139. The van der Waals surface area contributed by atoms with E-state index in [4.69, 9.17) is 4.74 Å². The molecule has 0 saturated carbocycles. The predicted octanol–water partition coefficient (Wildman–Crippen LogP) is 4.95. The van der Waals surface area contributed by atoms with Crippen LogP contribution in [0.15, 0.2) is 52.8 Å². The molecule has 1 fully saturated rings. The SMILES string of the molecule is Cc1cccc(C)c1-c1cc([C@H](CC(=O)O)NC(=O)[C@@H](CC(C)C)n2cc(CN3CCOCC3)ccc2=O)cs1. The summed E-state index contributed by atoms with van der Waals surface area (Å²) in [5.41, 5.74) is 4.84. The van der Waals surface area contributed by atoms with E-state index in [9.17, 15) is 19.5 Å². The Morgan fingerprint density at radius 2 is 1.80 bits per heavy atom. The number of carbonyl (C=O) groups excluding carboxylic acids is 1. The summed E-state index contributed by atoms with van der Waals surface area (Å²) < 4.78 is 6.95. The molecular formula is C31H39N3O5S. The first-order valence-electron chi connectivity index (χ1n) is 13.8. The molecule has 2 atom stereocenters. The fourth-order valence-electron chi connectivity index (χ4n) is 5.26. The molecule has 3 heterocycles. The minimum atomic E-state index is -1.00. The largest absolute Gasteiger partial charge is 0.481 e. The number of pyridine rings is 1. The van der Waals surface area contributed by atoms with Crippen LogP contribution in [0.25, 0.3) is 10.4 Å². The van der Waals surface area contributed by atoms with Crippen molar-refractivity contribution in [1.29, 1.82) is 0 Å². The second kappa shape index (κ2) is 13.4. The normalized spacial score (nSPS) is 15.6. The number of carbonyl (C=O) groups is 2. The van der Waals surface area contributed by atoms with E-state index in [-0.39, 0.29) is 23.8 Å². The van der Waals surface area contributed by atoms with E-state index in [1.165, 1.54) is 22.0 Å². The molecule has 1 aromatic carbocycles. The van der Waals surface area contributed by atoms with Gasteiger partial charge in [0.05, 0.1) is 25.7 Å². The molecule has 40 heavy (non-hydrogen) atoms. The predicted molar refractivity (Wildman–Crippen MR) is 158 cm³/mol. The summed E-state index contributed by atoms with van der Waals surface area (Å²) in [5.74, 6) is -1.22. The van der Waals surface area contributed by atoms with Crippen molar-refractivity contribution >= 4 is 23.2 Å². The number of ether oxygens (including phenoxy) is 1. The van der Waals surface area contributed by atoms with Gasteiger partial charge in [0.1, 0.15) is 6.04 Å². The monoisotopic (exact) mass is 565 g/mol. The number of aryl methyl sites for hydroxylation is 2. The number of hydrogen-bond acceptors (Lipinski definition) is 6. The molecule has 1 aliphatic rings. The highest BCUT2D eigenvalue weighted by Gasteiger charge is 2.28. The van der Waals surface area contributed by atoms with E-state index in [0.717, 1.165) is 45.8 Å². The van der Waals surface area contributed by atoms with Crippen LogP contribution in [0.5, 0.6) is 0 Å². The topological polar surface area (TPSA) is 101 Å². The highest BCUT2D eigenvalue weighted by molar-refractivity contribution is 7.13. The van der Waals surface area contributed by atoms with E-state index in [1.54, 1.807) is 6.20 Å². The number of aliphatic carboxylic acids is 1. The van der Waals surface area contributed by atoms with Crippen LogP contribution in [0.2, 0.25) is 0 Å². The average molecular weight is 566 g/mol. The molecule has 1 saturated heterocycles. The van der Waals surface area contributed by atoms with Gasteiger partial charge in [0.25, 0.3) is 5.56 Å². The summed E-state index contributed by atoms with van der Waals surface area (Å²) in [5, 5.41) is 14.6. The molecule has 0 unspecified atom stereocenters. The molecule has 0 spiro atoms. The van der Waals surface area contributed by atoms with Gasteiger partial charge >= 0.3 is 5.97 Å². The zero-order chi connectivity index (χ0) is 28.8. The number of amides is 1. The Morgan fingerprint density at radius 1 is 1.10 bits per heavy atom. The van der Waals surface area contributed by atoms with Gasteiger partial charge in [-0.25, -0.2) is 0 Å². The molecule has 1 amide bonds. The van der Waals surface area contributed by atoms with Crippen LogP contribution in [0.1, 0.15) is 61.0 Å². The molecule has 8 nitrogen and oxygen atoms in total. The third-order valence-corrected chi connectivity index (χ3v) is 8.25. The molecule has 2 N–H and O–H groups in total. The lowest BCUT2D eigenvalue weighted by molar-refractivity contribution is -0.138. The maximum absolute atomic E-state index is 13.8. The zero-order valence-corrected chi connectivity index (χ0v) is 24.5. The first-order chi connectivity index (χ1) is 19.1. The van der Waals surface area contributed by atoms with E-state index in [2.05, 4.69) is 36.2 Å². The quantitative estimate of drug-likeness (QED) is 0.341. The number of hydrogen-bond donors (Lipinski definition) is 2. The molecule has 0 aliphatic carbocycles. The smallest absolute Gasteiger partial charge is 0.305 e. The standard InChI is InChI=1S/C31H39N3O5S/c1-20(2)14-26(34-18-23(8-9-28(34)35)17-33-10-12-39-13-11-33)31(38)32-25(16-29(36)37)24-15-27(40-19-24)30-21(3)6-5-7-22(30)4/h5-9,15,18-20,25-26H,10-14,16-17H2,1-4H3,(H,32,38)(H,36,37)/t25-,26+/m0/s1. The molecule has 3 aromatic rings. The lowest BCUT2D eigenvalue weighted by atomic mass is 9.98. The van der Waals surface area contributed by atoms with Gasteiger partial charge in [0.15, 0.2) is 0 Å². The number of carboxylic acid groups (broad SMARTS) is 1. The highest BCUT2D eigenvalue weighted by atomic mass is 32.1. The van der Waals surface area contributed by atoms with Gasteiger partial charge in [0.2, 0.25) is 5.91 Å². The van der Waals surface area contributed by atoms with E-state index in [1.807, 2.05) is 37.4 Å². The third-order valence-electron chi connectivity index (χ3n) is 7.29. The lowest BCUT2D eigenvalue weighted by Crippen LogP contribution is -2.40. The summed E-state index contributed by atoms with van der Waals surface area (Å²) >= 11 is 1.54. The number of rotatable bonds is 11. The first kappa shape index (κ1) is 29.7. The van der Waals surface area contributed by atoms with Crippen molar-refractivity contribution in [2.45, 2.75) is 59.2 Å². The van der Waals surface area contributed by atoms with Crippen molar-refractivity contribution in [2.24, 2.45) is 5.92 Å². The molecule has 214 valence electrons. The van der Waals surface area contributed by atoms with Crippen LogP contribution in [-0.2, 0) is 20.9 Å². The highest BCUT2D eigenvalue weighted by Crippen LogP contribution is 2.35. The van der Waals surface area contributed by atoms with E-state index < -0.39 is 18.1 Å². The molecule has 0 bridgehead atoms. The summed E-state index contributed by atoms with van der Waals surface area (Å²) in [6.45, 7) is 11.8. The fourth-order valence-corrected chi connectivity index (χ4v) is 6.40. The second-order valence-electron chi connectivity index (χ2n) is 11.0. The number of thiophene rings is 1. The van der Waals surface area contributed by atoms with E-state index >= 15 is 0 Å². The number of carboxylic acids is 1. The Bertz CT molecular complexity index is 1370. The van der Waals surface area contributed by atoms with Gasteiger partial charge in [-0.15, -0.1) is 11.3 Å². The van der Waals surface area contributed by atoms with Crippen LogP contribution >= 0.6 is 11.3 Å². The van der Waals surface area contributed by atoms with Crippen LogP contribution < -0.4 is 10.9 Å². The molecule has 4 rings (SSSR count). The van der Waals surface area contributed by atoms with Crippen molar-refractivity contribution in [3.8, 4) is 10.4 Å². The summed E-state index contributed by atoms with van der Waals surface area (Å²) in [7, 11) is 0. The molecule has 1 aliphatic heterocycles. The Kier molecular flexibility index (Phi) is 9.95. The summed E-state index contributed by atoms with van der Waals surface area (Å²) in [6.07, 6.45) is 1.97. The molecule has 2 aromatic heterocycles. The van der Waals surface area contributed by atoms with Crippen molar-refractivity contribution in [3.63, 3.8) is 0 Å². The van der Waals surface area contributed by atoms with Crippen molar-refractivity contribution < 1.29 is 19.4 Å². The summed E-state index contributed by atoms with van der Waals surface area (Å²) in [4.78, 5) is 41.9. The number of nitrogens with one attached hydrogen (secondary N) is 1. The Hall–Kier alpha value is -3.27. The number of aromatic nitrogens is 1. The van der Waals surface area contributed by atoms with Gasteiger partial charge in [-0.05, 0) is 65.4 Å². The minimum Gasteiger partial charge on any atom is -0.481 e. The Balaban J connectivity index is 1.61. The van der Waals surface area contributed by atoms with Crippen molar-refractivity contribution in [3.05, 3.63) is 80.6 Å². The van der Waals surface area contributed by atoms with Gasteiger partial charge in [0, 0.05) is 36.8 Å². The van der Waals surface area contributed by atoms with Crippen LogP contribution in [0, 0.1) is 19.8 Å². The lowest BCUT2D eigenvalue weighted by Gasteiger charge is -2.28. The van der Waals surface area contributed by atoms with Crippen LogP contribution in [-0.4, -0.2) is 52.8 Å². The number of nitrogens with zero attached hydrogens (tertiary/aromatic N) is 2. The molecule has 9 heteroatoms. The zero-order valence-electron chi connectivity index (χ0n) is 23.7. The van der Waals surface area contributed by atoms with Crippen molar-refractivity contribution in [2.75, 3.05) is 26.3 Å². The second-order valence-corrected chi connectivity index (χ2v) is 11.9. The van der Waals surface area contributed by atoms with Gasteiger partial charge in [-0.2, -0.15) is 0 Å². The van der Waals surface area contributed by atoms with Crippen LogP contribution in [0.4, 0.5) is 0 Å². The summed E-state index contributed by atoms with van der Waals surface area (Å²) in [6, 6.07) is 9.95. The fraction of sp³-hybridized carbons (Fsp3) is 0.452. The first-order valence-corrected chi connectivity index (χ1v) is 14.7.